The van der Waals surface area contributed by atoms with Gasteiger partial charge in [0, 0.05) is 10.6 Å². The molecule has 2 aromatic carbocycles. The van der Waals surface area contributed by atoms with Crippen LogP contribution in [-0.4, -0.2) is 25.3 Å². The molecule has 0 aliphatic carbocycles. The van der Waals surface area contributed by atoms with Crippen molar-refractivity contribution in [3.8, 4) is 5.75 Å². The van der Waals surface area contributed by atoms with E-state index in [0.717, 1.165) is 33.2 Å². The van der Waals surface area contributed by atoms with Crippen molar-refractivity contribution in [3.05, 3.63) is 81.0 Å². The van der Waals surface area contributed by atoms with E-state index in [1.165, 1.54) is 0 Å². The number of nitrogens with zero attached hydrogens (tertiary/aromatic N) is 2. The lowest BCUT2D eigenvalue weighted by atomic mass is 10.1. The van der Waals surface area contributed by atoms with Crippen molar-refractivity contribution < 1.29 is 9.53 Å². The summed E-state index contributed by atoms with van der Waals surface area (Å²) in [4.78, 5) is 20.2. The maximum Gasteiger partial charge on any atom is 0.249 e. The Labute approximate surface area is 166 Å². The zero-order valence-corrected chi connectivity index (χ0v) is 16.3. The van der Waals surface area contributed by atoms with E-state index in [1.807, 2.05) is 60.0 Å². The molecular weight excluding hydrogens is 380 g/mol. The fourth-order valence-corrected chi connectivity index (χ4v) is 4.10. The average molecular weight is 397 g/mol. The molecule has 0 saturated heterocycles. The van der Waals surface area contributed by atoms with E-state index >= 15 is 0 Å². The Balaban J connectivity index is 1.69. The number of benzene rings is 2. The Kier molecular flexibility index (Phi) is 4.97. The van der Waals surface area contributed by atoms with Crippen molar-refractivity contribution in [3.63, 3.8) is 0 Å². The first kappa shape index (κ1) is 17.8. The first-order valence-corrected chi connectivity index (χ1v) is 9.73. The first-order valence-electron chi connectivity index (χ1n) is 8.47. The highest BCUT2D eigenvalue weighted by atomic mass is 35.5. The standard InChI is InChI=1S/C21H17ClN2O2S/c1-26-17-8-2-14(3-9-17)13-24-18-10-11-27-21(18)20(23-12-19(24)25)15-4-6-16(22)7-5-15/h2-11H,12-13H2,1H3. The third-order valence-corrected chi connectivity index (χ3v) is 5.60. The van der Waals surface area contributed by atoms with Crippen LogP contribution < -0.4 is 9.64 Å². The molecule has 0 bridgehead atoms. The minimum atomic E-state index is -0.0190. The first-order chi connectivity index (χ1) is 13.2. The van der Waals surface area contributed by atoms with Crippen LogP contribution in [0.5, 0.6) is 5.75 Å². The van der Waals surface area contributed by atoms with Crippen LogP contribution in [0.15, 0.2) is 65.0 Å². The van der Waals surface area contributed by atoms with Crippen LogP contribution >= 0.6 is 22.9 Å². The van der Waals surface area contributed by atoms with Gasteiger partial charge in [0.1, 0.15) is 12.3 Å². The van der Waals surface area contributed by atoms with Gasteiger partial charge in [0.25, 0.3) is 0 Å². The quantitative estimate of drug-likeness (QED) is 0.636. The smallest absolute Gasteiger partial charge is 0.249 e. The van der Waals surface area contributed by atoms with Gasteiger partial charge in [-0.05, 0) is 41.3 Å². The Hall–Kier alpha value is -2.63. The highest BCUT2D eigenvalue weighted by Crippen LogP contribution is 2.33. The summed E-state index contributed by atoms with van der Waals surface area (Å²) < 4.78 is 5.21. The van der Waals surface area contributed by atoms with Gasteiger partial charge in [0.2, 0.25) is 5.91 Å². The van der Waals surface area contributed by atoms with Gasteiger partial charge in [-0.25, -0.2) is 0 Å². The van der Waals surface area contributed by atoms with E-state index < -0.39 is 0 Å². The highest BCUT2D eigenvalue weighted by Gasteiger charge is 2.26. The van der Waals surface area contributed by atoms with Gasteiger partial charge in [-0.3, -0.25) is 9.79 Å². The molecule has 0 atom stereocenters. The predicted molar refractivity (Wildman–Crippen MR) is 110 cm³/mol. The molecule has 1 aliphatic heterocycles. The SMILES string of the molecule is COc1ccc(CN2C(=O)CN=C(c3ccc(Cl)cc3)c3sccc32)cc1. The van der Waals surface area contributed by atoms with E-state index in [-0.39, 0.29) is 12.5 Å². The maximum atomic E-state index is 12.8. The third kappa shape index (κ3) is 3.61. The molecule has 1 aliphatic rings. The molecule has 6 heteroatoms. The van der Waals surface area contributed by atoms with Crippen molar-refractivity contribution in [2.24, 2.45) is 4.99 Å². The monoisotopic (exact) mass is 396 g/mol. The van der Waals surface area contributed by atoms with Crippen molar-refractivity contribution in [1.82, 2.24) is 0 Å². The van der Waals surface area contributed by atoms with Gasteiger partial charge in [0.15, 0.2) is 0 Å². The second-order valence-electron chi connectivity index (χ2n) is 6.13. The van der Waals surface area contributed by atoms with Gasteiger partial charge in [-0.2, -0.15) is 0 Å². The molecule has 3 aromatic rings. The summed E-state index contributed by atoms with van der Waals surface area (Å²) in [6.45, 7) is 0.617. The number of hydrogen-bond acceptors (Lipinski definition) is 4. The van der Waals surface area contributed by atoms with E-state index in [4.69, 9.17) is 16.3 Å². The topological polar surface area (TPSA) is 41.9 Å². The number of amides is 1. The molecule has 0 spiro atoms. The fourth-order valence-electron chi connectivity index (χ4n) is 3.05. The van der Waals surface area contributed by atoms with Gasteiger partial charge >= 0.3 is 0 Å². The summed E-state index contributed by atoms with van der Waals surface area (Å²) in [5.74, 6) is 0.778. The highest BCUT2D eigenvalue weighted by molar-refractivity contribution is 7.13. The summed E-state index contributed by atoms with van der Waals surface area (Å²) in [6.07, 6.45) is 0. The predicted octanol–water partition coefficient (Wildman–Crippen LogP) is 4.79. The molecule has 136 valence electrons. The van der Waals surface area contributed by atoms with Crippen LogP contribution in [0.1, 0.15) is 16.0 Å². The number of carbonyl (C=O) groups excluding carboxylic acids is 1. The number of methoxy groups -OCH3 is 1. The lowest BCUT2D eigenvalue weighted by Gasteiger charge is -2.21. The van der Waals surface area contributed by atoms with E-state index in [2.05, 4.69) is 4.99 Å². The molecule has 2 heterocycles. The molecule has 27 heavy (non-hydrogen) atoms. The fraction of sp³-hybridized carbons (Fsp3) is 0.143. The zero-order valence-electron chi connectivity index (χ0n) is 14.7. The Morgan fingerprint density at radius 1 is 1.11 bits per heavy atom. The average Bonchev–Trinajstić information content (AvgIpc) is 3.12. The largest absolute Gasteiger partial charge is 0.497 e. The molecule has 0 fully saturated rings. The molecule has 4 nitrogen and oxygen atoms in total. The summed E-state index contributed by atoms with van der Waals surface area (Å²) >= 11 is 7.60. The molecule has 0 radical (unpaired) electrons. The number of thiophene rings is 1. The molecule has 1 amide bonds. The number of ether oxygens (including phenoxy) is 1. The summed E-state index contributed by atoms with van der Waals surface area (Å²) in [5, 5.41) is 2.67. The minimum absolute atomic E-state index is 0.0190. The van der Waals surface area contributed by atoms with E-state index in [0.29, 0.717) is 11.6 Å². The zero-order chi connectivity index (χ0) is 18.8. The third-order valence-electron chi connectivity index (χ3n) is 4.44. The molecule has 0 saturated carbocycles. The van der Waals surface area contributed by atoms with Crippen LogP contribution in [0.4, 0.5) is 5.69 Å². The van der Waals surface area contributed by atoms with Crippen molar-refractivity contribution in [2.45, 2.75) is 6.54 Å². The number of anilines is 1. The van der Waals surface area contributed by atoms with Crippen LogP contribution in [-0.2, 0) is 11.3 Å². The second kappa shape index (κ2) is 7.55. The molecular formula is C21H17ClN2O2S. The number of rotatable bonds is 4. The van der Waals surface area contributed by atoms with E-state index in [1.54, 1.807) is 23.3 Å². The number of fused-ring (bicyclic) bond motifs is 1. The molecule has 1 aromatic heterocycles. The van der Waals surface area contributed by atoms with Crippen LogP contribution in [0.3, 0.4) is 0 Å². The second-order valence-corrected chi connectivity index (χ2v) is 7.49. The van der Waals surface area contributed by atoms with Crippen LogP contribution in [0, 0.1) is 0 Å². The summed E-state index contributed by atoms with van der Waals surface area (Å²) in [7, 11) is 1.64. The number of carbonyl (C=O) groups is 1. The Bertz CT molecular complexity index is 994. The normalized spacial score (nSPS) is 13.8. The van der Waals surface area contributed by atoms with E-state index in [9.17, 15) is 4.79 Å². The minimum Gasteiger partial charge on any atom is -0.497 e. The van der Waals surface area contributed by atoms with Gasteiger partial charge in [-0.1, -0.05) is 35.9 Å². The van der Waals surface area contributed by atoms with Gasteiger partial charge < -0.3 is 9.64 Å². The summed E-state index contributed by atoms with van der Waals surface area (Å²) in [5.41, 5.74) is 3.73. The number of aliphatic imine (C=N–C) groups is 1. The van der Waals surface area contributed by atoms with Crippen molar-refractivity contribution >= 4 is 40.2 Å². The van der Waals surface area contributed by atoms with Gasteiger partial charge in [0.05, 0.1) is 29.9 Å². The molecule has 4 rings (SSSR count). The Morgan fingerprint density at radius 3 is 2.56 bits per heavy atom. The lowest BCUT2D eigenvalue weighted by molar-refractivity contribution is -0.117. The Morgan fingerprint density at radius 2 is 1.85 bits per heavy atom. The van der Waals surface area contributed by atoms with Gasteiger partial charge in [-0.15, -0.1) is 11.3 Å². The molecule has 0 N–H and O–H groups in total. The number of hydrogen-bond donors (Lipinski definition) is 0. The number of halogens is 1. The van der Waals surface area contributed by atoms with Crippen LogP contribution in [0.2, 0.25) is 5.02 Å². The maximum absolute atomic E-state index is 12.8. The molecule has 0 unspecified atom stereocenters. The summed E-state index contributed by atoms with van der Waals surface area (Å²) in [6, 6.07) is 17.3. The van der Waals surface area contributed by atoms with Crippen molar-refractivity contribution in [1.29, 1.82) is 0 Å². The van der Waals surface area contributed by atoms with Crippen molar-refractivity contribution in [2.75, 3.05) is 18.6 Å². The van der Waals surface area contributed by atoms with Crippen LogP contribution in [0.25, 0.3) is 0 Å². The lowest BCUT2D eigenvalue weighted by Crippen LogP contribution is -2.31.